The van der Waals surface area contributed by atoms with Gasteiger partial charge in [-0.1, -0.05) is 73.7 Å². The van der Waals surface area contributed by atoms with Crippen LogP contribution in [-0.2, 0) is 13.1 Å². The average molecular weight is 383 g/mol. The summed E-state index contributed by atoms with van der Waals surface area (Å²) in [5, 5.41) is 2.11. The zero-order chi connectivity index (χ0) is 20.1. The normalized spacial score (nSPS) is 10.9. The monoisotopic (exact) mass is 382 g/mol. The topological polar surface area (TPSA) is 25.2 Å². The number of hydrogen-bond acceptors (Lipinski definition) is 1. The lowest BCUT2D eigenvalue weighted by molar-refractivity contribution is 0.0741. The van der Waals surface area contributed by atoms with Crippen LogP contribution < -0.4 is 0 Å². The fraction of sp³-hybridized carbons (Fsp3) is 0.192. The standard InChI is InChI=1S/C26H26N2O/c1-2-17-28(26(29)25-16-8-13-22-12-6-7-15-24(22)25)20-23-14-9-18-27(23)19-21-10-4-3-5-11-21/h3-16,18H,2,17,19-20H2,1H3. The van der Waals surface area contributed by atoms with Gasteiger partial charge in [-0.05, 0) is 41.0 Å². The molecule has 0 spiro atoms. The smallest absolute Gasteiger partial charge is 0.254 e. The second-order valence-electron chi connectivity index (χ2n) is 7.37. The summed E-state index contributed by atoms with van der Waals surface area (Å²) in [4.78, 5) is 15.4. The van der Waals surface area contributed by atoms with Gasteiger partial charge in [-0.25, -0.2) is 0 Å². The lowest BCUT2D eigenvalue weighted by Gasteiger charge is -2.24. The van der Waals surface area contributed by atoms with Crippen LogP contribution in [0.5, 0.6) is 0 Å². The second kappa shape index (κ2) is 8.78. The van der Waals surface area contributed by atoms with Crippen molar-refractivity contribution in [2.75, 3.05) is 6.54 Å². The number of carbonyl (C=O) groups is 1. The molecular formula is C26H26N2O. The van der Waals surface area contributed by atoms with Crippen LogP contribution in [0.15, 0.2) is 91.1 Å². The molecule has 0 saturated heterocycles. The van der Waals surface area contributed by atoms with Crippen molar-refractivity contribution in [1.29, 1.82) is 0 Å². The van der Waals surface area contributed by atoms with Crippen LogP contribution in [0.4, 0.5) is 0 Å². The van der Waals surface area contributed by atoms with Gasteiger partial charge in [0.1, 0.15) is 0 Å². The third-order valence-corrected chi connectivity index (χ3v) is 5.27. The summed E-state index contributed by atoms with van der Waals surface area (Å²) in [7, 11) is 0. The van der Waals surface area contributed by atoms with E-state index in [-0.39, 0.29) is 5.91 Å². The number of hydrogen-bond donors (Lipinski definition) is 0. The molecule has 4 rings (SSSR count). The fourth-order valence-corrected chi connectivity index (χ4v) is 3.83. The zero-order valence-electron chi connectivity index (χ0n) is 16.8. The summed E-state index contributed by atoms with van der Waals surface area (Å²) in [5.74, 6) is 0.0936. The van der Waals surface area contributed by atoms with Crippen molar-refractivity contribution in [3.05, 3.63) is 108 Å². The molecule has 4 aromatic rings. The van der Waals surface area contributed by atoms with E-state index in [9.17, 15) is 4.79 Å². The Morgan fingerprint density at radius 1 is 0.862 bits per heavy atom. The Kier molecular flexibility index (Phi) is 5.76. The van der Waals surface area contributed by atoms with E-state index in [0.29, 0.717) is 6.54 Å². The highest BCUT2D eigenvalue weighted by Crippen LogP contribution is 2.21. The molecule has 1 aromatic heterocycles. The van der Waals surface area contributed by atoms with Gasteiger partial charge in [-0.3, -0.25) is 4.79 Å². The van der Waals surface area contributed by atoms with E-state index in [4.69, 9.17) is 0 Å². The van der Waals surface area contributed by atoms with Gasteiger partial charge in [0.25, 0.3) is 5.91 Å². The maximum Gasteiger partial charge on any atom is 0.254 e. The van der Waals surface area contributed by atoms with Gasteiger partial charge < -0.3 is 9.47 Å². The number of carbonyl (C=O) groups excluding carboxylic acids is 1. The van der Waals surface area contributed by atoms with Crippen LogP contribution in [0, 0.1) is 0 Å². The SMILES string of the molecule is CCCN(Cc1cccn1Cc1ccccc1)C(=O)c1cccc2ccccc12. The Morgan fingerprint density at radius 3 is 2.45 bits per heavy atom. The Hall–Kier alpha value is -3.33. The van der Waals surface area contributed by atoms with Crippen LogP contribution in [0.3, 0.4) is 0 Å². The first kappa shape index (κ1) is 19.0. The van der Waals surface area contributed by atoms with Crippen molar-refractivity contribution < 1.29 is 4.79 Å². The third-order valence-electron chi connectivity index (χ3n) is 5.27. The number of benzene rings is 3. The highest BCUT2D eigenvalue weighted by molar-refractivity contribution is 6.07. The van der Waals surface area contributed by atoms with Gasteiger partial charge in [-0.15, -0.1) is 0 Å². The molecule has 0 aliphatic carbocycles. The summed E-state index contributed by atoms with van der Waals surface area (Å²) in [6.07, 6.45) is 3.02. The molecule has 0 bridgehead atoms. The van der Waals surface area contributed by atoms with E-state index in [1.54, 1.807) is 0 Å². The van der Waals surface area contributed by atoms with Crippen molar-refractivity contribution in [2.24, 2.45) is 0 Å². The summed E-state index contributed by atoms with van der Waals surface area (Å²) < 4.78 is 2.23. The van der Waals surface area contributed by atoms with Crippen LogP contribution in [0.25, 0.3) is 10.8 Å². The Labute approximate surface area is 172 Å². The average Bonchev–Trinajstić information content (AvgIpc) is 3.20. The van der Waals surface area contributed by atoms with Gasteiger partial charge in [0.15, 0.2) is 0 Å². The van der Waals surface area contributed by atoms with Crippen molar-refractivity contribution in [2.45, 2.75) is 26.4 Å². The summed E-state index contributed by atoms with van der Waals surface area (Å²) in [5.41, 5.74) is 3.18. The van der Waals surface area contributed by atoms with Crippen LogP contribution >= 0.6 is 0 Å². The van der Waals surface area contributed by atoms with Gasteiger partial charge in [0.2, 0.25) is 0 Å². The third kappa shape index (κ3) is 4.24. The van der Waals surface area contributed by atoms with Gasteiger partial charge in [-0.2, -0.15) is 0 Å². The quantitative estimate of drug-likeness (QED) is 0.400. The molecule has 0 saturated carbocycles. The molecular weight excluding hydrogens is 356 g/mol. The van der Waals surface area contributed by atoms with E-state index in [1.165, 1.54) is 5.56 Å². The Morgan fingerprint density at radius 2 is 1.62 bits per heavy atom. The van der Waals surface area contributed by atoms with Crippen molar-refractivity contribution >= 4 is 16.7 Å². The van der Waals surface area contributed by atoms with Gasteiger partial charge in [0.05, 0.1) is 6.54 Å². The van der Waals surface area contributed by atoms with Crippen molar-refractivity contribution in [3.63, 3.8) is 0 Å². The molecule has 3 heteroatoms. The van der Waals surface area contributed by atoms with Crippen LogP contribution in [0.1, 0.15) is 35.0 Å². The molecule has 29 heavy (non-hydrogen) atoms. The van der Waals surface area contributed by atoms with E-state index in [1.807, 2.05) is 41.3 Å². The van der Waals surface area contributed by atoms with Crippen molar-refractivity contribution in [3.8, 4) is 0 Å². The van der Waals surface area contributed by atoms with Gasteiger partial charge >= 0.3 is 0 Å². The minimum atomic E-state index is 0.0936. The number of amides is 1. The number of rotatable bonds is 7. The maximum absolute atomic E-state index is 13.5. The largest absolute Gasteiger partial charge is 0.345 e. The number of fused-ring (bicyclic) bond motifs is 1. The first-order chi connectivity index (χ1) is 14.3. The molecule has 0 unspecified atom stereocenters. The molecule has 0 radical (unpaired) electrons. The fourth-order valence-electron chi connectivity index (χ4n) is 3.83. The number of aromatic nitrogens is 1. The first-order valence-electron chi connectivity index (χ1n) is 10.2. The molecule has 0 N–H and O–H groups in total. The molecule has 0 fully saturated rings. The van der Waals surface area contributed by atoms with E-state index in [0.717, 1.165) is 41.5 Å². The highest BCUT2D eigenvalue weighted by atomic mass is 16.2. The lowest BCUT2D eigenvalue weighted by Crippen LogP contribution is -2.32. The Balaban J connectivity index is 1.60. The van der Waals surface area contributed by atoms with E-state index >= 15 is 0 Å². The predicted molar refractivity (Wildman–Crippen MR) is 119 cm³/mol. The molecule has 146 valence electrons. The van der Waals surface area contributed by atoms with Crippen molar-refractivity contribution in [1.82, 2.24) is 9.47 Å². The van der Waals surface area contributed by atoms with Crippen LogP contribution in [0.2, 0.25) is 0 Å². The molecule has 0 aliphatic rings. The summed E-state index contributed by atoms with van der Waals surface area (Å²) >= 11 is 0. The molecule has 0 aliphatic heterocycles. The highest BCUT2D eigenvalue weighted by Gasteiger charge is 2.19. The van der Waals surface area contributed by atoms with E-state index < -0.39 is 0 Å². The number of nitrogens with zero attached hydrogens (tertiary/aromatic N) is 2. The minimum absolute atomic E-state index is 0.0936. The molecule has 1 heterocycles. The van der Waals surface area contributed by atoms with Gasteiger partial charge in [0, 0.05) is 30.5 Å². The summed E-state index contributed by atoms with van der Waals surface area (Å²) in [6, 6.07) is 28.7. The lowest BCUT2D eigenvalue weighted by atomic mass is 10.0. The van der Waals surface area contributed by atoms with E-state index in [2.05, 4.69) is 66.2 Å². The maximum atomic E-state index is 13.5. The zero-order valence-corrected chi connectivity index (χ0v) is 16.8. The molecule has 3 nitrogen and oxygen atoms in total. The first-order valence-corrected chi connectivity index (χ1v) is 10.2. The second-order valence-corrected chi connectivity index (χ2v) is 7.37. The predicted octanol–water partition coefficient (Wildman–Crippen LogP) is 5.74. The molecule has 0 atom stereocenters. The minimum Gasteiger partial charge on any atom is -0.345 e. The Bertz CT molecular complexity index is 1090. The molecule has 3 aromatic carbocycles. The summed E-state index contributed by atoms with van der Waals surface area (Å²) in [6.45, 7) is 4.27. The van der Waals surface area contributed by atoms with Crippen LogP contribution in [-0.4, -0.2) is 21.9 Å². The molecule has 1 amide bonds.